The Labute approximate surface area is 215 Å². The fourth-order valence-corrected chi connectivity index (χ4v) is 6.67. The molecule has 0 amide bonds. The molecule has 2 bridgehead atoms. The van der Waals surface area contributed by atoms with Gasteiger partial charge in [-0.15, -0.1) is 0 Å². The molecular weight excluding hydrogens is 432 g/mol. The van der Waals surface area contributed by atoms with Crippen LogP contribution in [0.15, 0.2) is 36.4 Å². The Bertz CT molecular complexity index is 735. The first-order valence-electron chi connectivity index (χ1n) is 14.8. The average molecular weight is 483 g/mol. The van der Waals surface area contributed by atoms with Gasteiger partial charge in [0.05, 0.1) is 19.8 Å². The van der Waals surface area contributed by atoms with Gasteiger partial charge in [0.25, 0.3) is 0 Å². The first-order valence-corrected chi connectivity index (χ1v) is 14.8. The van der Waals surface area contributed by atoms with E-state index in [9.17, 15) is 0 Å². The highest BCUT2D eigenvalue weighted by Gasteiger charge is 2.48. The molecule has 0 aromatic heterocycles. The highest BCUT2D eigenvalue weighted by atomic mass is 16.7. The van der Waals surface area contributed by atoms with Gasteiger partial charge >= 0.3 is 0 Å². The maximum absolute atomic E-state index is 6.12. The number of unbranched alkanes of at least 4 members (excludes halogenated alkanes) is 6. The molecule has 4 aliphatic rings. The second-order valence-electron chi connectivity index (χ2n) is 11.6. The van der Waals surface area contributed by atoms with Gasteiger partial charge in [-0.3, -0.25) is 0 Å². The summed E-state index contributed by atoms with van der Waals surface area (Å²) in [6.07, 6.45) is 24.7. The molecule has 2 atom stereocenters. The van der Waals surface area contributed by atoms with Crippen LogP contribution in [0.5, 0.6) is 0 Å². The van der Waals surface area contributed by atoms with E-state index in [2.05, 4.69) is 50.3 Å². The molecule has 1 saturated heterocycles. The van der Waals surface area contributed by atoms with Crippen molar-refractivity contribution < 1.29 is 14.2 Å². The van der Waals surface area contributed by atoms with E-state index in [-0.39, 0.29) is 12.4 Å². The number of allylic oxidation sites excluding steroid dienone is 1. The molecule has 5 rings (SSSR count). The molecule has 3 heteroatoms. The summed E-state index contributed by atoms with van der Waals surface area (Å²) in [6.45, 7) is 6.19. The van der Waals surface area contributed by atoms with Gasteiger partial charge in [-0.1, -0.05) is 95.2 Å². The summed E-state index contributed by atoms with van der Waals surface area (Å²) in [6, 6.07) is 9.37. The van der Waals surface area contributed by atoms with Gasteiger partial charge in [0, 0.05) is 0 Å². The highest BCUT2D eigenvalue weighted by molar-refractivity contribution is 5.32. The lowest BCUT2D eigenvalue weighted by Gasteiger charge is -2.54. The van der Waals surface area contributed by atoms with Crippen molar-refractivity contribution >= 4 is 0 Å². The van der Waals surface area contributed by atoms with E-state index >= 15 is 0 Å². The quantitative estimate of drug-likeness (QED) is 0.196. The van der Waals surface area contributed by atoms with Gasteiger partial charge in [0.1, 0.15) is 6.10 Å². The molecule has 3 aliphatic carbocycles. The van der Waals surface area contributed by atoms with Crippen LogP contribution in [-0.2, 0) is 19.6 Å². The van der Waals surface area contributed by atoms with Crippen molar-refractivity contribution in [2.75, 3.05) is 19.8 Å². The van der Waals surface area contributed by atoms with Crippen LogP contribution in [0.4, 0.5) is 0 Å². The van der Waals surface area contributed by atoms with Crippen molar-refractivity contribution in [2.45, 2.75) is 128 Å². The zero-order valence-corrected chi connectivity index (χ0v) is 22.6. The predicted molar refractivity (Wildman–Crippen MR) is 145 cm³/mol. The minimum absolute atomic E-state index is 0.0135. The summed E-state index contributed by atoms with van der Waals surface area (Å²) in [7, 11) is 0. The maximum atomic E-state index is 6.12. The fourth-order valence-electron chi connectivity index (χ4n) is 6.67. The normalized spacial score (nSPS) is 30.8. The van der Waals surface area contributed by atoms with Crippen LogP contribution >= 0.6 is 0 Å². The van der Waals surface area contributed by atoms with E-state index in [0.717, 1.165) is 6.42 Å². The summed E-state index contributed by atoms with van der Waals surface area (Å²) in [5.41, 5.74) is 3.89. The lowest BCUT2D eigenvalue weighted by Crippen LogP contribution is -2.44. The Hall–Kier alpha value is -1.16. The Balaban J connectivity index is 1.21. The largest absolute Gasteiger partial charge is 0.366 e. The van der Waals surface area contributed by atoms with Gasteiger partial charge < -0.3 is 14.2 Å². The molecule has 196 valence electrons. The molecule has 0 spiro atoms. The average Bonchev–Trinajstić information content (AvgIpc) is 2.92. The molecule has 0 N–H and O–H groups in total. The third-order valence-electron chi connectivity index (χ3n) is 9.24. The van der Waals surface area contributed by atoms with Gasteiger partial charge in [-0.25, -0.2) is 0 Å². The summed E-state index contributed by atoms with van der Waals surface area (Å²) in [5, 5.41) is 0. The summed E-state index contributed by atoms with van der Waals surface area (Å²) in [5.74, 6) is 0. The Morgan fingerprint density at radius 3 is 2.17 bits per heavy atom. The number of benzene rings is 1. The second-order valence-corrected chi connectivity index (χ2v) is 11.6. The zero-order valence-electron chi connectivity index (χ0n) is 22.6. The molecule has 4 fully saturated rings. The lowest BCUT2D eigenvalue weighted by atomic mass is 9.51. The predicted octanol–water partition coefficient (Wildman–Crippen LogP) is 8.82. The molecule has 1 aliphatic heterocycles. The third-order valence-corrected chi connectivity index (χ3v) is 9.24. The zero-order chi connectivity index (χ0) is 24.4. The number of ether oxygens (including phenoxy) is 3. The molecule has 1 aromatic rings. The molecule has 0 radical (unpaired) electrons. The van der Waals surface area contributed by atoms with Crippen LogP contribution in [-0.4, -0.2) is 26.1 Å². The van der Waals surface area contributed by atoms with Gasteiger partial charge in [-0.2, -0.15) is 0 Å². The Morgan fingerprint density at radius 2 is 1.51 bits per heavy atom. The monoisotopic (exact) mass is 482 g/mol. The minimum atomic E-state index is -0.253. The molecule has 3 nitrogen and oxygen atoms in total. The van der Waals surface area contributed by atoms with Crippen molar-refractivity contribution in [3.8, 4) is 0 Å². The van der Waals surface area contributed by atoms with E-state index in [4.69, 9.17) is 14.2 Å². The van der Waals surface area contributed by atoms with Crippen LogP contribution in [0.25, 0.3) is 0 Å². The SMILES string of the molecule is CCCCC=CCO[C@H]1CO[C@H](c2ccc(C34CCC(CCCCCCC)(CC3)CC4)cc2)CO1. The van der Waals surface area contributed by atoms with Crippen LogP contribution in [0, 0.1) is 5.41 Å². The number of hydrogen-bond acceptors (Lipinski definition) is 3. The third kappa shape index (κ3) is 7.21. The second kappa shape index (κ2) is 13.4. The number of fused-ring (bicyclic) bond motifs is 3. The molecular formula is C32H50O3. The Morgan fingerprint density at radius 1 is 0.800 bits per heavy atom. The first-order chi connectivity index (χ1) is 17.2. The summed E-state index contributed by atoms with van der Waals surface area (Å²) < 4.78 is 17.9. The van der Waals surface area contributed by atoms with E-state index in [1.165, 1.54) is 95.5 Å². The van der Waals surface area contributed by atoms with Crippen molar-refractivity contribution in [3.63, 3.8) is 0 Å². The van der Waals surface area contributed by atoms with Crippen LogP contribution in [0.1, 0.15) is 127 Å². The van der Waals surface area contributed by atoms with Gasteiger partial charge in [0.2, 0.25) is 0 Å². The van der Waals surface area contributed by atoms with Crippen molar-refractivity contribution in [2.24, 2.45) is 5.41 Å². The summed E-state index contributed by atoms with van der Waals surface area (Å²) >= 11 is 0. The number of hydrogen-bond donors (Lipinski definition) is 0. The number of rotatable bonds is 14. The topological polar surface area (TPSA) is 27.7 Å². The lowest BCUT2D eigenvalue weighted by molar-refractivity contribution is -0.232. The first kappa shape index (κ1) is 26.9. The van der Waals surface area contributed by atoms with Gasteiger partial charge in [0.15, 0.2) is 6.29 Å². The fraction of sp³-hybridized carbons (Fsp3) is 0.750. The summed E-state index contributed by atoms with van der Waals surface area (Å²) in [4.78, 5) is 0. The van der Waals surface area contributed by atoms with E-state index in [1.54, 1.807) is 5.56 Å². The van der Waals surface area contributed by atoms with E-state index in [1.807, 2.05) is 0 Å². The maximum Gasteiger partial charge on any atom is 0.181 e. The smallest absolute Gasteiger partial charge is 0.181 e. The van der Waals surface area contributed by atoms with Crippen LogP contribution < -0.4 is 0 Å². The molecule has 0 unspecified atom stereocenters. The van der Waals surface area contributed by atoms with Crippen LogP contribution in [0.2, 0.25) is 0 Å². The van der Waals surface area contributed by atoms with Crippen LogP contribution in [0.3, 0.4) is 0 Å². The molecule has 35 heavy (non-hydrogen) atoms. The van der Waals surface area contributed by atoms with E-state index in [0.29, 0.717) is 30.7 Å². The standard InChI is InChI=1S/C32H50O3/c1-3-5-7-9-11-17-31-18-21-32(22-19-31,23-20-31)28-15-13-27(14-16-28)29-25-35-30(26-34-29)33-24-12-10-8-6-4-2/h10,12-16,29-30H,3-9,11,17-26H2,1-2H3/t29-,30+,31?,32?/m0/s1. The molecule has 3 saturated carbocycles. The van der Waals surface area contributed by atoms with Crippen molar-refractivity contribution in [1.29, 1.82) is 0 Å². The van der Waals surface area contributed by atoms with Crippen molar-refractivity contribution in [3.05, 3.63) is 47.5 Å². The van der Waals surface area contributed by atoms with Gasteiger partial charge in [-0.05, 0) is 73.3 Å². The molecule has 1 heterocycles. The minimum Gasteiger partial charge on any atom is -0.366 e. The highest BCUT2D eigenvalue weighted by Crippen LogP contribution is 2.59. The Kier molecular flexibility index (Phi) is 10.3. The molecule has 1 aromatic carbocycles. The van der Waals surface area contributed by atoms with E-state index < -0.39 is 0 Å². The van der Waals surface area contributed by atoms with Crippen molar-refractivity contribution in [1.82, 2.24) is 0 Å².